The highest BCUT2D eigenvalue weighted by Gasteiger charge is 2.27. The van der Waals surface area contributed by atoms with Gasteiger partial charge in [0, 0.05) is 31.7 Å². The Labute approximate surface area is 191 Å². The van der Waals surface area contributed by atoms with Crippen molar-refractivity contribution in [3.8, 4) is 0 Å². The molecule has 0 aromatic heterocycles. The molecule has 2 amide bonds. The van der Waals surface area contributed by atoms with Crippen LogP contribution in [0.1, 0.15) is 50.0 Å². The number of nitrogens with zero attached hydrogens (tertiary/aromatic N) is 2. The predicted octanol–water partition coefficient (Wildman–Crippen LogP) is 4.52. The summed E-state index contributed by atoms with van der Waals surface area (Å²) < 4.78 is 0. The number of nitrogens with one attached hydrogen (secondary N) is 1. The molecule has 2 aromatic rings. The molecular weight excluding hydrogens is 398 g/mol. The van der Waals surface area contributed by atoms with Crippen LogP contribution in [0.4, 0.5) is 5.69 Å². The van der Waals surface area contributed by atoms with E-state index in [4.69, 9.17) is 0 Å². The van der Waals surface area contributed by atoms with Gasteiger partial charge in [-0.2, -0.15) is 0 Å². The first-order valence-corrected chi connectivity index (χ1v) is 12.1. The topological polar surface area (TPSA) is 52.7 Å². The van der Waals surface area contributed by atoms with Crippen LogP contribution in [0.2, 0.25) is 0 Å². The molecular formula is C27H35N3O2. The molecule has 2 aliphatic heterocycles. The molecule has 4 rings (SSSR count). The highest BCUT2D eigenvalue weighted by molar-refractivity contribution is 5.90. The van der Waals surface area contributed by atoms with Crippen LogP contribution in [0.3, 0.4) is 0 Å². The summed E-state index contributed by atoms with van der Waals surface area (Å²) in [5.74, 6) is 1.40. The third kappa shape index (κ3) is 6.42. The smallest absolute Gasteiger partial charge is 0.236 e. The lowest BCUT2D eigenvalue weighted by molar-refractivity contribution is -0.134. The maximum absolute atomic E-state index is 12.9. The van der Waals surface area contributed by atoms with E-state index >= 15 is 0 Å². The van der Waals surface area contributed by atoms with Gasteiger partial charge in [0.15, 0.2) is 0 Å². The number of para-hydroxylation sites is 1. The number of hydrogen-bond donors (Lipinski definition) is 1. The fourth-order valence-corrected chi connectivity index (χ4v) is 5.04. The summed E-state index contributed by atoms with van der Waals surface area (Å²) in [4.78, 5) is 29.5. The quantitative estimate of drug-likeness (QED) is 0.698. The number of rotatable bonds is 7. The number of carbonyl (C=O) groups is 2. The van der Waals surface area contributed by atoms with Crippen LogP contribution in [-0.4, -0.2) is 54.3 Å². The van der Waals surface area contributed by atoms with E-state index in [9.17, 15) is 9.59 Å². The minimum atomic E-state index is 0.0766. The molecule has 2 saturated heterocycles. The van der Waals surface area contributed by atoms with Crippen molar-refractivity contribution in [3.63, 3.8) is 0 Å². The Morgan fingerprint density at radius 3 is 2.28 bits per heavy atom. The van der Waals surface area contributed by atoms with Crippen molar-refractivity contribution in [2.45, 2.75) is 44.4 Å². The largest absolute Gasteiger partial charge is 0.342 e. The number of hydrogen-bond acceptors (Lipinski definition) is 3. The first-order valence-electron chi connectivity index (χ1n) is 12.1. The van der Waals surface area contributed by atoms with Gasteiger partial charge in [-0.05, 0) is 68.2 Å². The molecule has 2 heterocycles. The van der Waals surface area contributed by atoms with Crippen molar-refractivity contribution >= 4 is 17.5 Å². The van der Waals surface area contributed by atoms with E-state index in [1.165, 1.54) is 12.0 Å². The van der Waals surface area contributed by atoms with Crippen molar-refractivity contribution in [1.29, 1.82) is 0 Å². The molecule has 0 radical (unpaired) electrons. The molecule has 5 nitrogen and oxygen atoms in total. The molecule has 32 heavy (non-hydrogen) atoms. The standard InChI is InChI=1S/C27H35N3O2/c31-26(28-25-11-5-2-6-12-25)14-13-22-15-18-30(19-16-22)27(32)21-29-17-7-10-24(20-29)23-8-3-1-4-9-23/h1-6,8-9,11-12,22,24H,7,10,13-21H2,(H,28,31)/t24-/m0/s1. The van der Waals surface area contributed by atoms with Gasteiger partial charge in [-0.15, -0.1) is 0 Å². The van der Waals surface area contributed by atoms with E-state index in [0.717, 1.165) is 57.5 Å². The van der Waals surface area contributed by atoms with Crippen molar-refractivity contribution in [3.05, 3.63) is 66.2 Å². The second-order valence-electron chi connectivity index (χ2n) is 9.26. The van der Waals surface area contributed by atoms with Gasteiger partial charge in [0.2, 0.25) is 11.8 Å². The zero-order chi connectivity index (χ0) is 22.2. The van der Waals surface area contributed by atoms with E-state index in [1.54, 1.807) is 0 Å². The van der Waals surface area contributed by atoms with Crippen molar-refractivity contribution in [2.24, 2.45) is 5.92 Å². The van der Waals surface area contributed by atoms with Crippen molar-refractivity contribution < 1.29 is 9.59 Å². The summed E-state index contributed by atoms with van der Waals surface area (Å²) in [5.41, 5.74) is 2.24. The highest BCUT2D eigenvalue weighted by atomic mass is 16.2. The summed E-state index contributed by atoms with van der Waals surface area (Å²) in [5, 5.41) is 2.96. The number of piperidine rings is 2. The SMILES string of the molecule is O=C(CCC1CCN(C(=O)CN2CCC[C@H](c3ccccc3)C2)CC1)Nc1ccccc1. The molecule has 0 bridgehead atoms. The van der Waals surface area contributed by atoms with E-state index < -0.39 is 0 Å². The van der Waals surface area contributed by atoms with Gasteiger partial charge < -0.3 is 10.2 Å². The third-order valence-electron chi connectivity index (χ3n) is 6.94. The van der Waals surface area contributed by atoms with Gasteiger partial charge in [-0.1, -0.05) is 48.5 Å². The molecule has 5 heteroatoms. The Kier molecular flexibility index (Phi) is 7.94. The Morgan fingerprint density at radius 2 is 1.56 bits per heavy atom. The zero-order valence-electron chi connectivity index (χ0n) is 18.9. The number of anilines is 1. The van der Waals surface area contributed by atoms with Crippen molar-refractivity contribution in [2.75, 3.05) is 38.0 Å². The zero-order valence-corrected chi connectivity index (χ0v) is 18.9. The van der Waals surface area contributed by atoms with Gasteiger partial charge >= 0.3 is 0 Å². The molecule has 2 fully saturated rings. The van der Waals surface area contributed by atoms with Crippen LogP contribution < -0.4 is 5.32 Å². The number of benzene rings is 2. The minimum Gasteiger partial charge on any atom is -0.342 e. The molecule has 2 aliphatic rings. The average Bonchev–Trinajstić information content (AvgIpc) is 2.84. The lowest BCUT2D eigenvalue weighted by Gasteiger charge is -2.36. The van der Waals surface area contributed by atoms with Crippen LogP contribution in [0.5, 0.6) is 0 Å². The normalized spacial score (nSPS) is 20.1. The molecule has 1 N–H and O–H groups in total. The molecule has 170 valence electrons. The molecule has 2 aromatic carbocycles. The van der Waals surface area contributed by atoms with E-state index in [-0.39, 0.29) is 11.8 Å². The summed E-state index contributed by atoms with van der Waals surface area (Å²) in [6.07, 6.45) is 5.79. The molecule has 0 unspecified atom stereocenters. The van der Waals surface area contributed by atoms with E-state index in [0.29, 0.717) is 24.8 Å². The van der Waals surface area contributed by atoms with E-state index in [1.807, 2.05) is 35.2 Å². The molecule has 0 aliphatic carbocycles. The van der Waals surface area contributed by atoms with Gasteiger partial charge in [-0.25, -0.2) is 0 Å². The van der Waals surface area contributed by atoms with Crippen LogP contribution in [0.25, 0.3) is 0 Å². The highest BCUT2D eigenvalue weighted by Crippen LogP contribution is 2.27. The number of likely N-dealkylation sites (tertiary alicyclic amines) is 2. The predicted molar refractivity (Wildman–Crippen MR) is 128 cm³/mol. The number of carbonyl (C=O) groups excluding carboxylic acids is 2. The van der Waals surface area contributed by atoms with Crippen LogP contribution >= 0.6 is 0 Å². The minimum absolute atomic E-state index is 0.0766. The Bertz CT molecular complexity index is 863. The van der Waals surface area contributed by atoms with E-state index in [2.05, 4.69) is 40.5 Å². The second-order valence-corrected chi connectivity index (χ2v) is 9.26. The summed E-state index contributed by atoms with van der Waals surface area (Å²) >= 11 is 0. The van der Waals surface area contributed by atoms with Gasteiger partial charge in [0.05, 0.1) is 6.54 Å². The molecule has 0 saturated carbocycles. The lowest BCUT2D eigenvalue weighted by Crippen LogP contribution is -2.46. The third-order valence-corrected chi connectivity index (χ3v) is 6.94. The number of amides is 2. The van der Waals surface area contributed by atoms with Gasteiger partial charge in [0.1, 0.15) is 0 Å². The fraction of sp³-hybridized carbons (Fsp3) is 0.481. The maximum atomic E-state index is 12.9. The van der Waals surface area contributed by atoms with Crippen molar-refractivity contribution in [1.82, 2.24) is 9.80 Å². The van der Waals surface area contributed by atoms with Gasteiger partial charge in [-0.3, -0.25) is 14.5 Å². The van der Waals surface area contributed by atoms with Gasteiger partial charge in [0.25, 0.3) is 0 Å². The fourth-order valence-electron chi connectivity index (χ4n) is 5.04. The Balaban J connectivity index is 1.16. The summed E-state index contributed by atoms with van der Waals surface area (Å²) in [6, 6.07) is 20.3. The van der Waals surface area contributed by atoms with Crippen LogP contribution in [0.15, 0.2) is 60.7 Å². The summed E-state index contributed by atoms with van der Waals surface area (Å²) in [7, 11) is 0. The average molecular weight is 434 g/mol. The Hall–Kier alpha value is -2.66. The first kappa shape index (κ1) is 22.5. The van der Waals surface area contributed by atoms with Crippen LogP contribution in [0, 0.1) is 5.92 Å². The Morgan fingerprint density at radius 1 is 0.875 bits per heavy atom. The molecule has 0 spiro atoms. The summed E-state index contributed by atoms with van der Waals surface area (Å²) in [6.45, 7) is 4.16. The second kappa shape index (κ2) is 11.3. The first-order chi connectivity index (χ1) is 15.7. The molecule has 1 atom stereocenters. The van der Waals surface area contributed by atoms with Crippen LogP contribution in [-0.2, 0) is 9.59 Å². The lowest BCUT2D eigenvalue weighted by atomic mass is 9.90. The monoisotopic (exact) mass is 433 g/mol. The maximum Gasteiger partial charge on any atom is 0.236 e.